The highest BCUT2D eigenvalue weighted by Crippen LogP contribution is 2.36. The SMILES string of the molecule is COC(=O)C=Cc1ccc(C(F)(F)F)c(OC)c1. The molecule has 1 aromatic carbocycles. The van der Waals surface area contributed by atoms with Crippen LogP contribution in [0.4, 0.5) is 13.2 Å². The monoisotopic (exact) mass is 260 g/mol. The fraction of sp³-hybridized carbons (Fsp3) is 0.250. The van der Waals surface area contributed by atoms with Crippen molar-refractivity contribution in [1.82, 2.24) is 0 Å². The van der Waals surface area contributed by atoms with Crippen molar-refractivity contribution in [1.29, 1.82) is 0 Å². The summed E-state index contributed by atoms with van der Waals surface area (Å²) >= 11 is 0. The van der Waals surface area contributed by atoms with E-state index in [1.54, 1.807) is 0 Å². The van der Waals surface area contributed by atoms with Gasteiger partial charge in [0.1, 0.15) is 5.75 Å². The summed E-state index contributed by atoms with van der Waals surface area (Å²) in [5.41, 5.74) is -0.453. The molecule has 0 aromatic heterocycles. The maximum atomic E-state index is 12.6. The highest BCUT2D eigenvalue weighted by Gasteiger charge is 2.34. The number of halogens is 3. The third-order valence-corrected chi connectivity index (χ3v) is 2.14. The van der Waals surface area contributed by atoms with E-state index in [2.05, 4.69) is 9.47 Å². The molecule has 0 aliphatic heterocycles. The van der Waals surface area contributed by atoms with E-state index >= 15 is 0 Å². The van der Waals surface area contributed by atoms with Crippen LogP contribution in [0.1, 0.15) is 11.1 Å². The molecule has 0 saturated carbocycles. The summed E-state index contributed by atoms with van der Waals surface area (Å²) in [5.74, 6) is -0.886. The molecule has 0 atom stereocenters. The van der Waals surface area contributed by atoms with E-state index in [1.165, 1.54) is 25.3 Å². The summed E-state index contributed by atoms with van der Waals surface area (Å²) in [5, 5.41) is 0. The Morgan fingerprint density at radius 3 is 2.44 bits per heavy atom. The van der Waals surface area contributed by atoms with E-state index in [4.69, 9.17) is 0 Å². The van der Waals surface area contributed by atoms with Gasteiger partial charge in [-0.15, -0.1) is 0 Å². The van der Waals surface area contributed by atoms with Crippen molar-refractivity contribution in [2.24, 2.45) is 0 Å². The number of rotatable bonds is 3. The number of carbonyl (C=O) groups excluding carboxylic acids is 1. The molecule has 0 N–H and O–H groups in total. The van der Waals surface area contributed by atoms with Crippen LogP contribution >= 0.6 is 0 Å². The van der Waals surface area contributed by atoms with E-state index in [0.29, 0.717) is 5.56 Å². The van der Waals surface area contributed by atoms with Crippen LogP contribution < -0.4 is 4.74 Å². The van der Waals surface area contributed by atoms with Gasteiger partial charge in [-0.3, -0.25) is 0 Å². The van der Waals surface area contributed by atoms with Gasteiger partial charge >= 0.3 is 12.1 Å². The first kappa shape index (κ1) is 14.1. The number of hydrogen-bond acceptors (Lipinski definition) is 3. The fourth-order valence-corrected chi connectivity index (χ4v) is 1.28. The molecule has 0 amide bonds. The molecule has 0 fully saturated rings. The maximum absolute atomic E-state index is 12.6. The molecule has 0 aliphatic carbocycles. The Morgan fingerprint density at radius 1 is 1.28 bits per heavy atom. The van der Waals surface area contributed by atoms with Crippen molar-refractivity contribution in [3.63, 3.8) is 0 Å². The lowest BCUT2D eigenvalue weighted by Gasteiger charge is -2.12. The highest BCUT2D eigenvalue weighted by molar-refractivity contribution is 5.87. The molecule has 98 valence electrons. The predicted octanol–water partition coefficient (Wildman–Crippen LogP) is 2.90. The number of alkyl halides is 3. The molecule has 6 heteroatoms. The molecule has 1 rings (SSSR count). The van der Waals surface area contributed by atoms with Crippen LogP contribution in [0.3, 0.4) is 0 Å². The van der Waals surface area contributed by atoms with Crippen molar-refractivity contribution >= 4 is 12.0 Å². The molecule has 0 aliphatic rings. The average molecular weight is 260 g/mol. The van der Waals surface area contributed by atoms with Gasteiger partial charge < -0.3 is 9.47 Å². The van der Waals surface area contributed by atoms with Crippen molar-refractivity contribution in [2.75, 3.05) is 14.2 Å². The van der Waals surface area contributed by atoms with Gasteiger partial charge in [0.15, 0.2) is 0 Å². The lowest BCUT2D eigenvalue weighted by atomic mass is 10.1. The minimum atomic E-state index is -4.48. The van der Waals surface area contributed by atoms with E-state index in [0.717, 1.165) is 19.3 Å². The second-order valence-electron chi connectivity index (χ2n) is 3.31. The first-order valence-electron chi connectivity index (χ1n) is 4.89. The van der Waals surface area contributed by atoms with Crippen molar-refractivity contribution in [3.05, 3.63) is 35.4 Å². The van der Waals surface area contributed by atoms with Crippen LogP contribution in [0.25, 0.3) is 6.08 Å². The van der Waals surface area contributed by atoms with Gasteiger partial charge in [0.25, 0.3) is 0 Å². The summed E-state index contributed by atoms with van der Waals surface area (Å²) in [6.45, 7) is 0. The lowest BCUT2D eigenvalue weighted by molar-refractivity contribution is -0.139. The van der Waals surface area contributed by atoms with Gasteiger partial charge in [-0.2, -0.15) is 13.2 Å². The predicted molar refractivity (Wildman–Crippen MR) is 59.0 cm³/mol. The second-order valence-corrected chi connectivity index (χ2v) is 3.31. The number of ether oxygens (including phenoxy) is 2. The van der Waals surface area contributed by atoms with Crippen LogP contribution in [0.5, 0.6) is 5.75 Å². The second kappa shape index (κ2) is 5.57. The zero-order valence-corrected chi connectivity index (χ0v) is 9.75. The largest absolute Gasteiger partial charge is 0.496 e. The molecule has 3 nitrogen and oxygen atoms in total. The Labute approximate surface area is 102 Å². The Balaban J connectivity index is 3.06. The Bertz CT molecular complexity index is 464. The maximum Gasteiger partial charge on any atom is 0.419 e. The van der Waals surface area contributed by atoms with Gasteiger partial charge in [-0.1, -0.05) is 6.07 Å². The average Bonchev–Trinajstić information content (AvgIpc) is 2.34. The number of methoxy groups -OCH3 is 2. The molecule has 18 heavy (non-hydrogen) atoms. The van der Waals surface area contributed by atoms with E-state index in [1.807, 2.05) is 0 Å². The molecule has 0 heterocycles. The third-order valence-electron chi connectivity index (χ3n) is 2.14. The quantitative estimate of drug-likeness (QED) is 0.619. The smallest absolute Gasteiger partial charge is 0.419 e. The van der Waals surface area contributed by atoms with Gasteiger partial charge in [-0.25, -0.2) is 4.79 Å². The first-order chi connectivity index (χ1) is 8.38. The highest BCUT2D eigenvalue weighted by atomic mass is 19.4. The van der Waals surface area contributed by atoms with Crippen LogP contribution in [0, 0.1) is 0 Å². The van der Waals surface area contributed by atoms with Crippen LogP contribution in [-0.4, -0.2) is 20.2 Å². The van der Waals surface area contributed by atoms with Gasteiger partial charge in [-0.05, 0) is 23.8 Å². The van der Waals surface area contributed by atoms with Crippen molar-refractivity contribution in [3.8, 4) is 5.75 Å². The van der Waals surface area contributed by atoms with Crippen molar-refractivity contribution in [2.45, 2.75) is 6.18 Å². The fourth-order valence-electron chi connectivity index (χ4n) is 1.28. The number of carbonyl (C=O) groups is 1. The zero-order valence-electron chi connectivity index (χ0n) is 9.75. The van der Waals surface area contributed by atoms with E-state index < -0.39 is 17.7 Å². The molecule has 0 bridgehead atoms. The molecule has 0 unspecified atom stereocenters. The Hall–Kier alpha value is -1.98. The van der Waals surface area contributed by atoms with Gasteiger partial charge in [0, 0.05) is 6.08 Å². The van der Waals surface area contributed by atoms with Crippen LogP contribution in [0.2, 0.25) is 0 Å². The number of hydrogen-bond donors (Lipinski definition) is 0. The minimum Gasteiger partial charge on any atom is -0.496 e. The van der Waals surface area contributed by atoms with E-state index in [-0.39, 0.29) is 5.75 Å². The number of benzene rings is 1. The Morgan fingerprint density at radius 2 is 1.94 bits per heavy atom. The summed E-state index contributed by atoms with van der Waals surface area (Å²) in [6.07, 6.45) is -2.02. The summed E-state index contributed by atoms with van der Waals surface area (Å²) in [7, 11) is 2.36. The standard InChI is InChI=1S/C12H11F3O3/c1-17-10-7-8(4-6-11(16)18-2)3-5-9(10)12(13,14)15/h3-7H,1-2H3. The molecule has 0 saturated heterocycles. The lowest BCUT2D eigenvalue weighted by Crippen LogP contribution is -2.07. The normalized spacial score (nSPS) is 11.6. The topological polar surface area (TPSA) is 35.5 Å². The zero-order chi connectivity index (χ0) is 13.8. The van der Waals surface area contributed by atoms with Crippen LogP contribution in [0.15, 0.2) is 24.3 Å². The molecule has 0 radical (unpaired) electrons. The Kier molecular flexibility index (Phi) is 4.36. The summed E-state index contributed by atoms with van der Waals surface area (Å²) in [4.78, 5) is 10.8. The molecule has 1 aromatic rings. The van der Waals surface area contributed by atoms with Gasteiger partial charge in [0.05, 0.1) is 19.8 Å². The summed E-state index contributed by atoms with van der Waals surface area (Å²) in [6, 6.07) is 3.34. The minimum absolute atomic E-state index is 0.297. The third kappa shape index (κ3) is 3.51. The summed E-state index contributed by atoms with van der Waals surface area (Å²) < 4.78 is 46.7. The van der Waals surface area contributed by atoms with Crippen LogP contribution in [-0.2, 0) is 15.7 Å². The molecular weight excluding hydrogens is 249 g/mol. The van der Waals surface area contributed by atoms with Crippen molar-refractivity contribution < 1.29 is 27.4 Å². The first-order valence-corrected chi connectivity index (χ1v) is 4.89. The number of esters is 1. The molecule has 0 spiro atoms. The van der Waals surface area contributed by atoms with E-state index in [9.17, 15) is 18.0 Å². The molecular formula is C12H11F3O3. The van der Waals surface area contributed by atoms with Gasteiger partial charge in [0.2, 0.25) is 0 Å².